The number of likely N-dealkylation sites (N-methyl/N-ethyl adjacent to an activating group) is 1. The van der Waals surface area contributed by atoms with Crippen LogP contribution in [-0.2, 0) is 4.79 Å². The molecule has 1 N–H and O–H groups in total. The molecule has 4 atom stereocenters. The quantitative estimate of drug-likeness (QED) is 0.671. The zero-order chi connectivity index (χ0) is 25.1. The molecular weight excluding hydrogens is 473 g/mol. The van der Waals surface area contributed by atoms with Gasteiger partial charge >= 0.3 is 6.09 Å². The van der Waals surface area contributed by atoms with E-state index in [9.17, 15) is 24.3 Å². The summed E-state index contributed by atoms with van der Waals surface area (Å²) in [6, 6.07) is 11.8. The van der Waals surface area contributed by atoms with Crippen molar-refractivity contribution >= 4 is 29.4 Å². The number of hydrogen-bond donors (Lipinski definition) is 1. The summed E-state index contributed by atoms with van der Waals surface area (Å²) >= 11 is 5.85. The molecule has 2 fully saturated rings. The van der Waals surface area contributed by atoms with E-state index in [4.69, 9.17) is 11.6 Å². The van der Waals surface area contributed by atoms with Crippen LogP contribution in [0.3, 0.4) is 0 Å². The molecule has 0 saturated carbocycles. The molecule has 0 spiro atoms. The van der Waals surface area contributed by atoms with Gasteiger partial charge in [-0.25, -0.2) is 14.2 Å². The fraction of sp³-hybridized carbons (Fsp3) is 0.440. The van der Waals surface area contributed by atoms with E-state index in [1.165, 1.54) is 17.0 Å². The third kappa shape index (κ3) is 5.03. The molecule has 2 aromatic rings. The number of carboxylic acid groups (broad SMARTS) is 1. The molecule has 2 unspecified atom stereocenters. The number of carbonyl (C=O) groups excluding carboxylic acids is 1. The van der Waals surface area contributed by atoms with Crippen molar-refractivity contribution in [1.82, 2.24) is 14.8 Å². The van der Waals surface area contributed by atoms with Gasteiger partial charge in [-0.1, -0.05) is 23.7 Å². The first-order chi connectivity index (χ1) is 16.8. The smallest absolute Gasteiger partial charge is 0.407 e. The zero-order valence-corrected chi connectivity index (χ0v) is 20.1. The number of anilines is 1. The average molecular weight is 500 g/mol. The monoisotopic (exact) mass is 499 g/mol. The minimum absolute atomic E-state index is 0.0154. The van der Waals surface area contributed by atoms with Crippen LogP contribution < -0.4 is 4.90 Å². The van der Waals surface area contributed by atoms with Crippen molar-refractivity contribution in [1.29, 1.82) is 5.26 Å². The molecular formula is C25H27ClFN5O3. The van der Waals surface area contributed by atoms with Crippen molar-refractivity contribution < 1.29 is 19.1 Å². The highest BCUT2D eigenvalue weighted by atomic mass is 35.5. The Balaban J connectivity index is 1.55. The van der Waals surface area contributed by atoms with Gasteiger partial charge in [0.15, 0.2) is 0 Å². The van der Waals surface area contributed by atoms with Crippen molar-refractivity contribution in [2.75, 3.05) is 37.6 Å². The lowest BCUT2D eigenvalue weighted by Gasteiger charge is -2.37. The summed E-state index contributed by atoms with van der Waals surface area (Å²) in [6.45, 7) is 3.38. The number of halogens is 2. The van der Waals surface area contributed by atoms with Crippen molar-refractivity contribution in [3.63, 3.8) is 0 Å². The van der Waals surface area contributed by atoms with Crippen molar-refractivity contribution in [2.45, 2.75) is 25.3 Å². The maximum Gasteiger partial charge on any atom is 0.407 e. The van der Waals surface area contributed by atoms with E-state index >= 15 is 0 Å². The van der Waals surface area contributed by atoms with Crippen LogP contribution in [0.1, 0.15) is 24.8 Å². The molecule has 1 aromatic heterocycles. The highest BCUT2D eigenvalue weighted by molar-refractivity contribution is 6.30. The summed E-state index contributed by atoms with van der Waals surface area (Å²) in [4.78, 5) is 34.8. The Morgan fingerprint density at radius 3 is 2.71 bits per heavy atom. The van der Waals surface area contributed by atoms with Gasteiger partial charge in [-0.2, -0.15) is 5.26 Å². The van der Waals surface area contributed by atoms with Crippen LogP contribution in [0, 0.1) is 29.0 Å². The van der Waals surface area contributed by atoms with E-state index in [0.717, 1.165) is 5.82 Å². The summed E-state index contributed by atoms with van der Waals surface area (Å²) in [5.41, 5.74) is 0.591. The van der Waals surface area contributed by atoms with Crippen LogP contribution >= 0.6 is 11.6 Å². The van der Waals surface area contributed by atoms with Crippen LogP contribution in [0.5, 0.6) is 0 Å². The van der Waals surface area contributed by atoms with Gasteiger partial charge in [-0.3, -0.25) is 4.79 Å². The number of benzene rings is 1. The van der Waals surface area contributed by atoms with Crippen molar-refractivity contribution in [3.8, 4) is 6.07 Å². The molecule has 0 bridgehead atoms. The number of nitrogens with zero attached hydrogens (tertiary/aromatic N) is 5. The molecule has 8 nitrogen and oxygen atoms in total. The number of rotatable bonds is 5. The minimum atomic E-state index is -1.09. The standard InChI is InChI=1S/C25H27ClFN5O3/c1-2-32(25(34)35)22-15-31(14-19(22)16-6-7-20(26)21(27)11-16)24(33)18-8-10-30(13-17(18)12-28)23-5-3-4-9-29-23/h3-7,9,11,17-19,22H,2,8,10,13-15H2,1H3,(H,34,35)/t17?,18?,19-,22+/m0/s1. The van der Waals surface area contributed by atoms with Gasteiger partial charge < -0.3 is 19.8 Å². The van der Waals surface area contributed by atoms with Gasteiger partial charge in [0, 0.05) is 44.8 Å². The SMILES string of the molecule is CCN(C(=O)O)[C@@H]1CN(C(=O)C2CCN(c3ccccn3)CC2C#N)C[C@H]1c1ccc(Cl)c(F)c1. The predicted octanol–water partition coefficient (Wildman–Crippen LogP) is 3.83. The maximum atomic E-state index is 14.2. The Bertz CT molecular complexity index is 1130. The highest BCUT2D eigenvalue weighted by Gasteiger charge is 2.45. The first-order valence-electron chi connectivity index (χ1n) is 11.6. The molecule has 3 heterocycles. The van der Waals surface area contributed by atoms with Crippen molar-refractivity contribution in [2.24, 2.45) is 11.8 Å². The number of aromatic nitrogens is 1. The van der Waals surface area contributed by atoms with Gasteiger partial charge in [-0.15, -0.1) is 0 Å². The summed E-state index contributed by atoms with van der Waals surface area (Å²) in [6.07, 6.45) is 1.09. The number of piperidine rings is 1. The van der Waals surface area contributed by atoms with Crippen molar-refractivity contribution in [3.05, 3.63) is 59.0 Å². The number of carbonyl (C=O) groups is 2. The van der Waals surface area contributed by atoms with Crippen LogP contribution in [0.2, 0.25) is 5.02 Å². The second kappa shape index (κ2) is 10.5. The molecule has 2 aliphatic rings. The molecule has 0 radical (unpaired) electrons. The van der Waals surface area contributed by atoms with Crippen LogP contribution in [0.25, 0.3) is 0 Å². The van der Waals surface area contributed by atoms with E-state index in [1.807, 2.05) is 23.1 Å². The summed E-state index contributed by atoms with van der Waals surface area (Å²) in [7, 11) is 0. The third-order valence-electron chi connectivity index (χ3n) is 7.03. The van der Waals surface area contributed by atoms with Gasteiger partial charge in [0.25, 0.3) is 0 Å². The highest BCUT2D eigenvalue weighted by Crippen LogP contribution is 2.36. The minimum Gasteiger partial charge on any atom is -0.465 e. The first-order valence-corrected chi connectivity index (χ1v) is 12.0. The van der Waals surface area contributed by atoms with Gasteiger partial charge in [0.05, 0.1) is 29.0 Å². The Kier molecular flexibility index (Phi) is 7.41. The van der Waals surface area contributed by atoms with E-state index in [0.29, 0.717) is 25.1 Å². The number of pyridine rings is 1. The summed E-state index contributed by atoms with van der Waals surface area (Å²) < 4.78 is 14.2. The first kappa shape index (κ1) is 24.7. The Labute approximate surface area is 208 Å². The number of hydrogen-bond acceptors (Lipinski definition) is 5. The average Bonchev–Trinajstić information content (AvgIpc) is 3.30. The Morgan fingerprint density at radius 1 is 1.29 bits per heavy atom. The topological polar surface area (TPSA) is 101 Å². The van der Waals surface area contributed by atoms with E-state index in [-0.39, 0.29) is 30.6 Å². The number of nitriles is 1. The molecule has 0 aliphatic carbocycles. The molecule has 2 aliphatic heterocycles. The third-order valence-corrected chi connectivity index (χ3v) is 7.33. The number of amides is 2. The molecule has 2 amide bonds. The fourth-order valence-electron chi connectivity index (χ4n) is 5.23. The van der Waals surface area contributed by atoms with E-state index < -0.39 is 35.7 Å². The second-order valence-electron chi connectivity index (χ2n) is 8.92. The van der Waals surface area contributed by atoms with Gasteiger partial charge in [0.1, 0.15) is 11.6 Å². The molecule has 10 heteroatoms. The van der Waals surface area contributed by atoms with E-state index in [2.05, 4.69) is 11.1 Å². The summed E-state index contributed by atoms with van der Waals surface area (Å²) in [5, 5.41) is 19.6. The fourth-order valence-corrected chi connectivity index (χ4v) is 5.34. The number of likely N-dealkylation sites (tertiary alicyclic amines) is 1. The molecule has 35 heavy (non-hydrogen) atoms. The van der Waals surface area contributed by atoms with Gasteiger partial charge in [-0.05, 0) is 43.2 Å². The van der Waals surface area contributed by atoms with E-state index in [1.54, 1.807) is 24.1 Å². The lowest BCUT2D eigenvalue weighted by atomic mass is 9.85. The largest absolute Gasteiger partial charge is 0.465 e. The maximum absolute atomic E-state index is 14.2. The van der Waals surface area contributed by atoms with Crippen LogP contribution in [-0.4, -0.2) is 70.7 Å². The molecule has 2 saturated heterocycles. The van der Waals surface area contributed by atoms with Gasteiger partial charge in [0.2, 0.25) is 5.91 Å². The lowest BCUT2D eigenvalue weighted by molar-refractivity contribution is -0.136. The van der Waals surface area contributed by atoms with Crippen LogP contribution in [0.4, 0.5) is 15.0 Å². The summed E-state index contributed by atoms with van der Waals surface area (Å²) in [5.74, 6) is -1.41. The Hall–Kier alpha value is -3.38. The molecule has 4 rings (SSSR count). The van der Waals surface area contributed by atoms with Crippen LogP contribution in [0.15, 0.2) is 42.6 Å². The molecule has 184 valence electrons. The predicted molar refractivity (Wildman–Crippen MR) is 129 cm³/mol. The second-order valence-corrected chi connectivity index (χ2v) is 9.33. The normalized spacial score (nSPS) is 24.2. The lowest BCUT2D eigenvalue weighted by Crippen LogP contribution is -2.48. The Morgan fingerprint density at radius 2 is 2.09 bits per heavy atom. The molecule has 1 aromatic carbocycles. The zero-order valence-electron chi connectivity index (χ0n) is 19.3.